The maximum absolute atomic E-state index is 12.4. The van der Waals surface area contributed by atoms with Gasteiger partial charge in [0.2, 0.25) is 0 Å². The second kappa shape index (κ2) is 35.2. The van der Waals surface area contributed by atoms with Gasteiger partial charge in [0, 0.05) is 12.8 Å². The Morgan fingerprint density at radius 3 is 1.65 bits per heavy atom. The molecule has 51 heavy (non-hydrogen) atoms. The molecule has 11 heteroatoms. The second-order valence-corrected chi connectivity index (χ2v) is 14.8. The predicted octanol–water partition coefficient (Wildman–Crippen LogP) is 9.73. The summed E-state index contributed by atoms with van der Waals surface area (Å²) in [6.07, 6.45) is 33.2. The van der Waals surface area contributed by atoms with Crippen molar-refractivity contribution in [2.45, 2.75) is 193 Å². The van der Waals surface area contributed by atoms with Crippen molar-refractivity contribution in [1.29, 1.82) is 0 Å². The molecule has 0 aromatic carbocycles. The third-order valence-corrected chi connectivity index (χ3v) is 9.10. The number of hydrogen-bond acceptors (Lipinski definition) is 8. The summed E-state index contributed by atoms with van der Waals surface area (Å²) in [4.78, 5) is 42.8. The minimum absolute atomic E-state index is 0.100. The molecule has 0 saturated carbocycles. The molecule has 0 rings (SSSR count). The summed E-state index contributed by atoms with van der Waals surface area (Å²) < 4.78 is 26.2. The van der Waals surface area contributed by atoms with Crippen LogP contribution in [0.15, 0.2) is 36.5 Å². The fraction of sp³-hybridized carbons (Fsp3) is 0.800. The number of phosphoric acid groups is 1. The van der Waals surface area contributed by atoms with Crippen LogP contribution in [0.4, 0.5) is 0 Å². The Labute approximate surface area is 309 Å². The van der Waals surface area contributed by atoms with E-state index in [-0.39, 0.29) is 38.7 Å². The Kier molecular flexibility index (Phi) is 34.0. The highest BCUT2D eigenvalue weighted by Crippen LogP contribution is 2.36. The van der Waals surface area contributed by atoms with Crippen LogP contribution in [0.2, 0.25) is 0 Å². The lowest BCUT2D eigenvalue weighted by atomic mass is 10.0. The molecule has 0 bridgehead atoms. The second-order valence-electron chi connectivity index (χ2n) is 13.6. The van der Waals surface area contributed by atoms with Crippen LogP contribution < -0.4 is 0 Å². The van der Waals surface area contributed by atoms with Gasteiger partial charge < -0.3 is 29.5 Å². The molecule has 0 heterocycles. The van der Waals surface area contributed by atoms with Crippen molar-refractivity contribution in [3.63, 3.8) is 0 Å². The topological polar surface area (TPSA) is 160 Å². The molecule has 3 atom stereocenters. The largest absolute Gasteiger partial charge is 0.469 e. The molecule has 0 aliphatic rings. The highest BCUT2D eigenvalue weighted by Gasteiger charge is 2.23. The number of carbonyl (C=O) groups excluding carboxylic acids is 2. The van der Waals surface area contributed by atoms with Crippen LogP contribution in [0.25, 0.3) is 0 Å². The van der Waals surface area contributed by atoms with E-state index >= 15 is 0 Å². The fourth-order valence-corrected chi connectivity index (χ4v) is 5.84. The van der Waals surface area contributed by atoms with Crippen LogP contribution in [-0.4, -0.2) is 63.5 Å². The van der Waals surface area contributed by atoms with Gasteiger partial charge in [0.05, 0.1) is 18.8 Å². The summed E-state index contributed by atoms with van der Waals surface area (Å²) in [6.45, 7) is 3.41. The molecule has 0 aliphatic heterocycles. The molecule has 298 valence electrons. The number of unbranched alkanes of at least 4 members (excludes halogenated alkanes) is 16. The van der Waals surface area contributed by atoms with E-state index < -0.39 is 44.7 Å². The van der Waals surface area contributed by atoms with Gasteiger partial charge in [0.25, 0.3) is 0 Å². The summed E-state index contributed by atoms with van der Waals surface area (Å²) in [6, 6.07) is 0. The Morgan fingerprint density at radius 2 is 1.08 bits per heavy atom. The van der Waals surface area contributed by atoms with Gasteiger partial charge in [0.15, 0.2) is 6.10 Å². The minimum atomic E-state index is -4.83. The van der Waals surface area contributed by atoms with Crippen LogP contribution in [0.3, 0.4) is 0 Å². The van der Waals surface area contributed by atoms with Crippen molar-refractivity contribution in [3.8, 4) is 0 Å². The quantitative estimate of drug-likeness (QED) is 0.0210. The first-order chi connectivity index (χ1) is 24.6. The first-order valence-corrected chi connectivity index (χ1v) is 21.5. The first-order valence-electron chi connectivity index (χ1n) is 19.9. The number of esters is 2. The van der Waals surface area contributed by atoms with E-state index in [0.717, 1.165) is 38.5 Å². The van der Waals surface area contributed by atoms with E-state index in [1.807, 2.05) is 12.2 Å². The zero-order valence-corrected chi connectivity index (χ0v) is 32.9. The van der Waals surface area contributed by atoms with E-state index in [2.05, 4.69) is 42.7 Å². The SMILES string of the molecule is CCCCC/C=C\C/C=C\C/C=C\CC(O)C(O)CCCC(=O)O[C@H](COC(=O)CCCCCCCCCCCCCCCC)COP(=O)(O)O. The van der Waals surface area contributed by atoms with E-state index in [0.29, 0.717) is 6.42 Å². The zero-order valence-electron chi connectivity index (χ0n) is 32.0. The average molecular weight is 745 g/mol. The van der Waals surface area contributed by atoms with Crippen LogP contribution in [0.1, 0.15) is 174 Å². The molecule has 0 fully saturated rings. The number of phosphoric ester groups is 1. The number of rotatable bonds is 36. The number of aliphatic hydroxyl groups excluding tert-OH is 2. The van der Waals surface area contributed by atoms with Crippen LogP contribution in [0, 0.1) is 0 Å². The van der Waals surface area contributed by atoms with Crippen molar-refractivity contribution < 1.29 is 48.2 Å². The molecule has 0 amide bonds. The summed E-state index contributed by atoms with van der Waals surface area (Å²) >= 11 is 0. The summed E-state index contributed by atoms with van der Waals surface area (Å²) in [5.41, 5.74) is 0. The molecule has 4 N–H and O–H groups in total. The molecule has 0 aliphatic carbocycles. The van der Waals surface area contributed by atoms with Gasteiger partial charge in [-0.05, 0) is 51.4 Å². The first kappa shape index (κ1) is 49.2. The van der Waals surface area contributed by atoms with E-state index in [1.54, 1.807) is 0 Å². The molecule has 0 radical (unpaired) electrons. The molecule has 10 nitrogen and oxygen atoms in total. The van der Waals surface area contributed by atoms with Gasteiger partial charge in [-0.1, -0.05) is 147 Å². The van der Waals surface area contributed by atoms with Crippen molar-refractivity contribution >= 4 is 19.8 Å². The number of carbonyl (C=O) groups is 2. The van der Waals surface area contributed by atoms with Crippen LogP contribution in [0.5, 0.6) is 0 Å². The smallest absolute Gasteiger partial charge is 0.462 e. The molecule has 0 spiro atoms. The normalized spacial score (nSPS) is 14.1. The number of aliphatic hydroxyl groups is 2. The Balaban J connectivity index is 4.20. The van der Waals surface area contributed by atoms with E-state index in [9.17, 15) is 24.4 Å². The van der Waals surface area contributed by atoms with Crippen molar-refractivity contribution in [2.75, 3.05) is 13.2 Å². The van der Waals surface area contributed by atoms with E-state index in [4.69, 9.17) is 19.3 Å². The number of hydrogen-bond donors (Lipinski definition) is 4. The van der Waals surface area contributed by atoms with Crippen molar-refractivity contribution in [1.82, 2.24) is 0 Å². The zero-order chi connectivity index (χ0) is 37.8. The van der Waals surface area contributed by atoms with Gasteiger partial charge >= 0.3 is 19.8 Å². The maximum atomic E-state index is 12.4. The Morgan fingerprint density at radius 1 is 0.588 bits per heavy atom. The molecule has 2 unspecified atom stereocenters. The third kappa shape index (κ3) is 36.3. The van der Waals surface area contributed by atoms with Gasteiger partial charge in [0.1, 0.15) is 6.61 Å². The highest BCUT2D eigenvalue weighted by molar-refractivity contribution is 7.46. The lowest BCUT2D eigenvalue weighted by molar-refractivity contribution is -0.161. The maximum Gasteiger partial charge on any atom is 0.469 e. The fourth-order valence-electron chi connectivity index (χ4n) is 5.48. The third-order valence-electron chi connectivity index (χ3n) is 8.61. The van der Waals surface area contributed by atoms with Gasteiger partial charge in [-0.25, -0.2) is 4.57 Å². The summed E-state index contributed by atoms with van der Waals surface area (Å²) in [7, 11) is -4.83. The summed E-state index contributed by atoms with van der Waals surface area (Å²) in [5, 5.41) is 20.5. The predicted molar refractivity (Wildman–Crippen MR) is 205 cm³/mol. The molecule has 0 aromatic heterocycles. The van der Waals surface area contributed by atoms with Crippen LogP contribution >= 0.6 is 7.82 Å². The average Bonchev–Trinajstić information content (AvgIpc) is 3.09. The standard InChI is InChI=1S/C40H73O10P/c1-3-5-7-9-11-13-15-17-18-20-22-24-26-28-32-39(43)48-34-36(35-49-51(45,46)47)50-40(44)33-29-31-38(42)37(41)30-27-25-23-21-19-16-14-12-10-8-6-4-2/h12,14,19,21,25,27,36-38,41-42H,3-11,13,15-18,20,22-24,26,28-35H2,1-2H3,(H2,45,46,47)/b14-12-,21-19-,27-25-/t36-,37?,38?/m1/s1. The van der Waals surface area contributed by atoms with Gasteiger partial charge in [-0.3, -0.25) is 14.1 Å². The number of allylic oxidation sites excluding steroid dienone is 5. The van der Waals surface area contributed by atoms with Crippen molar-refractivity contribution in [2.24, 2.45) is 0 Å². The lowest BCUT2D eigenvalue weighted by Crippen LogP contribution is -2.30. The Hall–Kier alpha value is -1.81. The number of ether oxygens (including phenoxy) is 2. The van der Waals surface area contributed by atoms with Crippen molar-refractivity contribution in [3.05, 3.63) is 36.5 Å². The van der Waals surface area contributed by atoms with Crippen LogP contribution in [-0.2, 0) is 28.2 Å². The lowest BCUT2D eigenvalue weighted by Gasteiger charge is -2.19. The monoisotopic (exact) mass is 744 g/mol. The molecule has 0 aromatic rings. The summed E-state index contributed by atoms with van der Waals surface area (Å²) in [5.74, 6) is -1.17. The molecular formula is C40H73O10P. The molecule has 0 saturated heterocycles. The Bertz CT molecular complexity index is 961. The molecular weight excluding hydrogens is 671 g/mol. The van der Waals surface area contributed by atoms with E-state index in [1.165, 1.54) is 83.5 Å². The minimum Gasteiger partial charge on any atom is -0.462 e. The van der Waals surface area contributed by atoms with Gasteiger partial charge in [-0.15, -0.1) is 0 Å². The van der Waals surface area contributed by atoms with Gasteiger partial charge in [-0.2, -0.15) is 0 Å². The highest BCUT2D eigenvalue weighted by atomic mass is 31.2.